The Morgan fingerprint density at radius 2 is 2.64 bits per heavy atom. The molecule has 6 nitrogen and oxygen atoms in total. The maximum absolute atomic E-state index is 11.1. The molecule has 0 bridgehead atoms. The van der Waals surface area contributed by atoms with Crippen LogP contribution < -0.4 is 5.32 Å². The van der Waals surface area contributed by atoms with E-state index in [0.29, 0.717) is 17.9 Å². The van der Waals surface area contributed by atoms with Gasteiger partial charge in [-0.15, -0.1) is 0 Å². The number of aromatic nitrogens is 3. The summed E-state index contributed by atoms with van der Waals surface area (Å²) in [6, 6.07) is 0. The van der Waals surface area contributed by atoms with Gasteiger partial charge in [0.1, 0.15) is 5.69 Å². The number of carbonyl (C=O) groups excluding carboxylic acids is 1. The van der Waals surface area contributed by atoms with Gasteiger partial charge in [0.25, 0.3) is 0 Å². The quantitative estimate of drug-likeness (QED) is 0.755. The molecule has 0 aliphatic rings. The molecule has 0 atom stereocenters. The highest BCUT2D eigenvalue weighted by Gasteiger charge is 2.08. The number of rotatable bonds is 2. The lowest BCUT2D eigenvalue weighted by Gasteiger charge is -2.01. The van der Waals surface area contributed by atoms with Crippen molar-refractivity contribution >= 4 is 17.4 Å². The van der Waals surface area contributed by atoms with Crippen LogP contribution in [-0.4, -0.2) is 27.3 Å². The number of ether oxygens (including phenoxy) is 1. The van der Waals surface area contributed by atoms with Gasteiger partial charge in [-0.25, -0.2) is 14.3 Å². The first-order valence-electron chi connectivity index (χ1n) is 4.25. The Kier molecular flexibility index (Phi) is 2.10. The second-order valence-electron chi connectivity index (χ2n) is 2.65. The summed E-state index contributed by atoms with van der Waals surface area (Å²) < 4.78 is 6.44. The Morgan fingerprint density at radius 3 is 3.43 bits per heavy atom. The first-order chi connectivity index (χ1) is 6.81. The zero-order valence-electron chi connectivity index (χ0n) is 7.65. The molecule has 2 heterocycles. The van der Waals surface area contributed by atoms with Crippen LogP contribution in [0.5, 0.6) is 0 Å². The molecule has 2 aromatic heterocycles. The molecule has 14 heavy (non-hydrogen) atoms. The number of hydrogen-bond donors (Lipinski definition) is 2. The summed E-state index contributed by atoms with van der Waals surface area (Å²) in [7, 11) is 0. The van der Waals surface area contributed by atoms with Crippen LogP contribution in [0.2, 0.25) is 0 Å². The molecule has 0 fully saturated rings. The molecule has 0 aliphatic heterocycles. The fourth-order valence-electron chi connectivity index (χ4n) is 1.17. The first kappa shape index (κ1) is 8.61. The van der Waals surface area contributed by atoms with Crippen molar-refractivity contribution in [1.29, 1.82) is 0 Å². The van der Waals surface area contributed by atoms with E-state index in [9.17, 15) is 4.79 Å². The smallest absolute Gasteiger partial charge is 0.411 e. The van der Waals surface area contributed by atoms with Crippen LogP contribution in [-0.2, 0) is 4.74 Å². The predicted molar refractivity (Wildman–Crippen MR) is 50.2 cm³/mol. The topological polar surface area (TPSA) is 71.4 Å². The zero-order valence-corrected chi connectivity index (χ0v) is 7.65. The number of fused-ring (bicyclic) bond motifs is 1. The molecule has 0 saturated carbocycles. The van der Waals surface area contributed by atoms with E-state index in [1.807, 2.05) is 0 Å². The Labute approximate surface area is 79.9 Å². The van der Waals surface area contributed by atoms with Crippen LogP contribution >= 0.6 is 0 Å². The zero-order chi connectivity index (χ0) is 9.97. The van der Waals surface area contributed by atoms with Crippen molar-refractivity contribution in [1.82, 2.24) is 14.6 Å². The molecule has 0 spiro atoms. The molecule has 74 valence electrons. The minimum absolute atomic E-state index is 0.348. The highest BCUT2D eigenvalue weighted by molar-refractivity contribution is 5.89. The molecule has 6 heteroatoms. The molecule has 0 aromatic carbocycles. The first-order valence-corrected chi connectivity index (χ1v) is 4.25. The Bertz CT molecular complexity index is 445. The lowest BCUT2D eigenvalue weighted by atomic mass is 10.5. The molecular formula is C8H10N4O2. The second-order valence-corrected chi connectivity index (χ2v) is 2.65. The molecule has 2 aromatic rings. The summed E-state index contributed by atoms with van der Waals surface area (Å²) in [5.41, 5.74) is 1.27. The third-order valence-corrected chi connectivity index (χ3v) is 1.74. The van der Waals surface area contributed by atoms with E-state index in [2.05, 4.69) is 15.4 Å². The average Bonchev–Trinajstić information content (AvgIpc) is 2.70. The number of nitrogens with one attached hydrogen (secondary N) is 2. The highest BCUT2D eigenvalue weighted by atomic mass is 16.5. The summed E-state index contributed by atoms with van der Waals surface area (Å²) in [5, 5.41) is 5.48. The van der Waals surface area contributed by atoms with Crippen molar-refractivity contribution in [2.24, 2.45) is 0 Å². The van der Waals surface area contributed by atoms with Crippen LogP contribution in [0.3, 0.4) is 0 Å². The van der Waals surface area contributed by atoms with Crippen molar-refractivity contribution < 1.29 is 9.53 Å². The van der Waals surface area contributed by atoms with E-state index in [0.717, 1.165) is 0 Å². The maximum Gasteiger partial charge on any atom is 0.411 e. The van der Waals surface area contributed by atoms with E-state index >= 15 is 0 Å². The molecule has 0 radical (unpaired) electrons. The molecule has 0 aliphatic carbocycles. The SMILES string of the molecule is CCOC(=O)Nc1c[nH]n2ccnc12. The summed E-state index contributed by atoms with van der Waals surface area (Å²) in [6.45, 7) is 2.10. The largest absolute Gasteiger partial charge is 0.450 e. The lowest BCUT2D eigenvalue weighted by molar-refractivity contribution is 0.168. The van der Waals surface area contributed by atoms with Crippen molar-refractivity contribution in [2.75, 3.05) is 11.9 Å². The Balaban J connectivity index is 2.18. The van der Waals surface area contributed by atoms with Gasteiger partial charge in [-0.05, 0) is 6.92 Å². The summed E-state index contributed by atoms with van der Waals surface area (Å²) >= 11 is 0. The fourth-order valence-corrected chi connectivity index (χ4v) is 1.17. The minimum Gasteiger partial charge on any atom is -0.450 e. The second kappa shape index (κ2) is 3.41. The number of aromatic amines is 1. The number of carbonyl (C=O) groups is 1. The van der Waals surface area contributed by atoms with Crippen molar-refractivity contribution in [3.8, 4) is 0 Å². The Morgan fingerprint density at radius 1 is 1.79 bits per heavy atom. The van der Waals surface area contributed by atoms with Gasteiger partial charge in [0.05, 0.1) is 6.61 Å². The molecule has 2 rings (SSSR count). The number of hydrogen-bond acceptors (Lipinski definition) is 3. The van der Waals surface area contributed by atoms with Crippen LogP contribution in [0, 0.1) is 0 Å². The maximum atomic E-state index is 11.1. The van der Waals surface area contributed by atoms with E-state index in [4.69, 9.17) is 4.74 Å². The van der Waals surface area contributed by atoms with E-state index in [-0.39, 0.29) is 0 Å². The van der Waals surface area contributed by atoms with Gasteiger partial charge in [-0.3, -0.25) is 10.4 Å². The number of nitrogens with zero attached hydrogens (tertiary/aromatic N) is 2. The van der Waals surface area contributed by atoms with Crippen LogP contribution in [0.15, 0.2) is 18.6 Å². The molecule has 0 unspecified atom stereocenters. The lowest BCUT2D eigenvalue weighted by Crippen LogP contribution is -2.12. The third-order valence-electron chi connectivity index (χ3n) is 1.74. The normalized spacial score (nSPS) is 10.4. The number of imidazole rings is 1. The summed E-state index contributed by atoms with van der Waals surface area (Å²) in [6.07, 6.45) is 4.57. The third kappa shape index (κ3) is 1.41. The number of anilines is 1. The number of amides is 1. The van der Waals surface area contributed by atoms with Gasteiger partial charge in [0.2, 0.25) is 0 Å². The van der Waals surface area contributed by atoms with Crippen LogP contribution in [0.4, 0.5) is 10.5 Å². The summed E-state index contributed by atoms with van der Waals surface area (Å²) in [5.74, 6) is 0. The van der Waals surface area contributed by atoms with Crippen molar-refractivity contribution in [3.63, 3.8) is 0 Å². The van der Waals surface area contributed by atoms with E-state index in [1.54, 1.807) is 30.0 Å². The van der Waals surface area contributed by atoms with E-state index < -0.39 is 6.09 Å². The van der Waals surface area contributed by atoms with Gasteiger partial charge in [0, 0.05) is 18.6 Å². The van der Waals surface area contributed by atoms with Crippen LogP contribution in [0.25, 0.3) is 5.65 Å². The van der Waals surface area contributed by atoms with Gasteiger partial charge >= 0.3 is 6.09 Å². The standard InChI is InChI=1S/C8H10N4O2/c1-2-14-8(13)11-6-5-10-12-4-3-9-7(6)12/h3-5,10H,2H2,1H3,(H,11,13). The van der Waals surface area contributed by atoms with E-state index in [1.165, 1.54) is 0 Å². The number of H-pyrrole nitrogens is 1. The molecule has 1 amide bonds. The van der Waals surface area contributed by atoms with Gasteiger partial charge in [0.15, 0.2) is 5.65 Å². The van der Waals surface area contributed by atoms with Gasteiger partial charge in [-0.2, -0.15) is 0 Å². The highest BCUT2D eigenvalue weighted by Crippen LogP contribution is 2.13. The van der Waals surface area contributed by atoms with Gasteiger partial charge in [-0.1, -0.05) is 0 Å². The Hall–Kier alpha value is -1.98. The monoisotopic (exact) mass is 194 g/mol. The van der Waals surface area contributed by atoms with Gasteiger partial charge < -0.3 is 4.74 Å². The fraction of sp³-hybridized carbons (Fsp3) is 0.250. The predicted octanol–water partition coefficient (Wildman–Crippen LogP) is 1.23. The van der Waals surface area contributed by atoms with Crippen molar-refractivity contribution in [2.45, 2.75) is 6.92 Å². The summed E-state index contributed by atoms with van der Waals surface area (Å²) in [4.78, 5) is 15.1. The van der Waals surface area contributed by atoms with Crippen molar-refractivity contribution in [3.05, 3.63) is 18.6 Å². The molecule has 0 saturated heterocycles. The van der Waals surface area contributed by atoms with Crippen LogP contribution in [0.1, 0.15) is 6.92 Å². The molecular weight excluding hydrogens is 184 g/mol. The minimum atomic E-state index is -0.475. The average molecular weight is 194 g/mol. The molecule has 2 N–H and O–H groups in total.